The Morgan fingerprint density at radius 1 is 1.03 bits per heavy atom. The van der Waals surface area contributed by atoms with Crippen LogP contribution in [0.4, 0.5) is 0 Å². The number of fused-ring (bicyclic) bond motifs is 4. The van der Waals surface area contributed by atoms with Crippen molar-refractivity contribution in [1.82, 2.24) is 0 Å². The molecule has 0 bridgehead atoms. The summed E-state index contributed by atoms with van der Waals surface area (Å²) in [5.74, 6) is 0.246. The number of ether oxygens (including phenoxy) is 1. The summed E-state index contributed by atoms with van der Waals surface area (Å²) in [5.41, 5.74) is 5.92. The highest BCUT2D eigenvalue weighted by Gasteiger charge is 2.49. The van der Waals surface area contributed by atoms with Crippen LogP contribution in [0.2, 0.25) is 0 Å². The number of hydrogen-bond acceptors (Lipinski definition) is 3. The topological polar surface area (TPSA) is 38.7 Å². The molecule has 3 nitrogen and oxygen atoms in total. The summed E-state index contributed by atoms with van der Waals surface area (Å²) >= 11 is 0. The quantitative estimate of drug-likeness (QED) is 0.634. The molecule has 0 aromatic heterocycles. The number of allylic oxidation sites excluding steroid dienone is 1. The predicted octanol–water partition coefficient (Wildman–Crippen LogP) is 6.14. The Kier molecular flexibility index (Phi) is 4.29. The van der Waals surface area contributed by atoms with Gasteiger partial charge in [0, 0.05) is 30.4 Å². The molecule has 3 unspecified atom stereocenters. The second-order valence-electron chi connectivity index (χ2n) is 9.43. The van der Waals surface area contributed by atoms with Crippen molar-refractivity contribution in [2.75, 3.05) is 6.61 Å². The van der Waals surface area contributed by atoms with Gasteiger partial charge in [-0.1, -0.05) is 57.2 Å². The average Bonchev–Trinajstić information content (AvgIpc) is 2.68. The Labute approximate surface area is 172 Å². The number of Topliss-reactive ketones (excluding diaryl/α,β-unsaturated/α-hetero) is 1. The molecule has 3 atom stereocenters. The molecule has 0 N–H and O–H groups in total. The van der Waals surface area contributed by atoms with Crippen molar-refractivity contribution in [1.29, 1.82) is 0 Å². The molecule has 0 spiro atoms. The fourth-order valence-electron chi connectivity index (χ4n) is 5.85. The number of ketones is 1. The minimum Gasteiger partial charge on any atom is -0.369 e. The zero-order valence-electron chi connectivity index (χ0n) is 17.8. The van der Waals surface area contributed by atoms with Crippen LogP contribution in [0, 0.1) is 11.3 Å². The van der Waals surface area contributed by atoms with E-state index in [4.69, 9.17) is 9.73 Å². The van der Waals surface area contributed by atoms with Crippen molar-refractivity contribution in [2.24, 2.45) is 16.3 Å². The zero-order valence-corrected chi connectivity index (χ0v) is 17.8. The number of aliphatic imine (C=N–C) groups is 1. The summed E-state index contributed by atoms with van der Waals surface area (Å²) in [7, 11) is 0. The van der Waals surface area contributed by atoms with Crippen molar-refractivity contribution in [3.05, 3.63) is 58.8 Å². The first-order valence-corrected chi connectivity index (χ1v) is 10.9. The first-order chi connectivity index (χ1) is 13.9. The predicted molar refractivity (Wildman–Crippen MR) is 117 cm³/mol. The molecule has 5 rings (SSSR count). The molecule has 1 heterocycles. The van der Waals surface area contributed by atoms with E-state index in [9.17, 15) is 4.79 Å². The van der Waals surface area contributed by atoms with E-state index in [0.29, 0.717) is 18.8 Å². The number of benzene rings is 2. The number of carbonyl (C=O) groups excluding carboxylic acids is 1. The van der Waals surface area contributed by atoms with Crippen molar-refractivity contribution in [2.45, 2.75) is 59.0 Å². The van der Waals surface area contributed by atoms with Crippen molar-refractivity contribution < 1.29 is 9.53 Å². The van der Waals surface area contributed by atoms with Crippen LogP contribution in [-0.2, 0) is 9.53 Å². The Morgan fingerprint density at radius 3 is 2.45 bits per heavy atom. The van der Waals surface area contributed by atoms with E-state index in [1.54, 1.807) is 0 Å². The van der Waals surface area contributed by atoms with Crippen LogP contribution in [0.3, 0.4) is 0 Å². The van der Waals surface area contributed by atoms with Crippen LogP contribution in [-0.4, -0.2) is 18.1 Å². The van der Waals surface area contributed by atoms with Gasteiger partial charge < -0.3 is 4.74 Å². The van der Waals surface area contributed by atoms with Gasteiger partial charge in [0.15, 0.2) is 0 Å². The van der Waals surface area contributed by atoms with E-state index < -0.39 is 0 Å². The first-order valence-electron chi connectivity index (χ1n) is 10.9. The Morgan fingerprint density at radius 2 is 1.76 bits per heavy atom. The van der Waals surface area contributed by atoms with Gasteiger partial charge in [-0.15, -0.1) is 0 Å². The van der Waals surface area contributed by atoms with Crippen LogP contribution in [0.5, 0.6) is 0 Å². The van der Waals surface area contributed by atoms with Gasteiger partial charge in [-0.05, 0) is 52.7 Å². The number of nitrogens with zero attached hydrogens (tertiary/aromatic N) is 1. The Bertz CT molecular complexity index is 1070. The normalized spacial score (nSPS) is 27.5. The van der Waals surface area contributed by atoms with Gasteiger partial charge in [0.2, 0.25) is 0 Å². The third-order valence-corrected chi connectivity index (χ3v) is 6.84. The van der Waals surface area contributed by atoms with Gasteiger partial charge in [0.1, 0.15) is 11.9 Å². The lowest BCUT2D eigenvalue weighted by Gasteiger charge is -2.45. The van der Waals surface area contributed by atoms with E-state index in [-0.39, 0.29) is 23.4 Å². The lowest BCUT2D eigenvalue weighted by atomic mass is 9.60. The molecule has 150 valence electrons. The Hall–Kier alpha value is -2.26. The van der Waals surface area contributed by atoms with E-state index in [1.807, 2.05) is 6.92 Å². The lowest BCUT2D eigenvalue weighted by molar-refractivity contribution is -0.124. The van der Waals surface area contributed by atoms with Gasteiger partial charge in [-0.3, -0.25) is 9.79 Å². The fraction of sp³-hybridized carbons (Fsp3) is 0.462. The lowest BCUT2D eigenvalue weighted by Crippen LogP contribution is -2.44. The van der Waals surface area contributed by atoms with Gasteiger partial charge in [-0.2, -0.15) is 0 Å². The number of carbonyl (C=O) groups is 1. The van der Waals surface area contributed by atoms with Crippen molar-refractivity contribution in [3.63, 3.8) is 0 Å². The third-order valence-electron chi connectivity index (χ3n) is 6.84. The highest BCUT2D eigenvalue weighted by atomic mass is 16.5. The zero-order chi connectivity index (χ0) is 20.3. The minimum absolute atomic E-state index is 0.0132. The standard InChI is InChI=1S/C26H29NO2/c1-5-18-24-22(23-19(27-18)13-26(3,4)14-20(23)28)16-11-7-9-15-10-8-12-17(21(15)16)25(24)29-6-2/h7-12,22-23,25H,5-6,13-14H2,1-4H3. The molecule has 1 saturated carbocycles. The molecule has 2 aromatic carbocycles. The molecule has 0 saturated heterocycles. The van der Waals surface area contributed by atoms with Crippen LogP contribution >= 0.6 is 0 Å². The second kappa shape index (κ2) is 6.63. The van der Waals surface area contributed by atoms with Crippen LogP contribution < -0.4 is 0 Å². The van der Waals surface area contributed by atoms with Gasteiger partial charge in [-0.25, -0.2) is 0 Å². The van der Waals surface area contributed by atoms with E-state index in [0.717, 1.165) is 24.3 Å². The van der Waals surface area contributed by atoms with Crippen LogP contribution in [0.25, 0.3) is 10.8 Å². The van der Waals surface area contributed by atoms with Gasteiger partial charge >= 0.3 is 0 Å². The first kappa shape index (κ1) is 18.7. The highest BCUT2D eigenvalue weighted by Crippen LogP contribution is 2.56. The van der Waals surface area contributed by atoms with Crippen molar-refractivity contribution in [3.8, 4) is 0 Å². The molecule has 3 heteroatoms. The third kappa shape index (κ3) is 2.74. The molecule has 2 aromatic rings. The molecule has 29 heavy (non-hydrogen) atoms. The van der Waals surface area contributed by atoms with E-state index >= 15 is 0 Å². The monoisotopic (exact) mass is 387 g/mol. The molecule has 0 amide bonds. The van der Waals surface area contributed by atoms with E-state index in [2.05, 4.69) is 57.2 Å². The molecule has 0 radical (unpaired) electrons. The average molecular weight is 388 g/mol. The van der Waals surface area contributed by atoms with E-state index in [1.165, 1.54) is 27.5 Å². The molecular formula is C26H29NO2. The van der Waals surface area contributed by atoms with Gasteiger partial charge in [0.25, 0.3) is 0 Å². The summed E-state index contributed by atoms with van der Waals surface area (Å²) in [4.78, 5) is 18.6. The summed E-state index contributed by atoms with van der Waals surface area (Å²) in [5, 5.41) is 2.51. The maximum atomic E-state index is 13.4. The van der Waals surface area contributed by atoms with Gasteiger partial charge in [0.05, 0.1) is 5.92 Å². The summed E-state index contributed by atoms with van der Waals surface area (Å²) < 4.78 is 6.35. The largest absolute Gasteiger partial charge is 0.369 e. The summed E-state index contributed by atoms with van der Waals surface area (Å²) in [6.07, 6.45) is 2.26. The smallest absolute Gasteiger partial charge is 0.143 e. The molecule has 3 aliphatic rings. The molecule has 1 fully saturated rings. The number of hydrogen-bond donors (Lipinski definition) is 0. The minimum atomic E-state index is -0.143. The maximum Gasteiger partial charge on any atom is 0.143 e. The molecule has 1 aliphatic heterocycles. The SMILES string of the molecule is CCOC1C2=C(CC)N=C3CC(C)(C)CC(=O)C3C2c2cccc3cccc1c23. The fourth-order valence-corrected chi connectivity index (χ4v) is 5.85. The number of rotatable bonds is 3. The Balaban J connectivity index is 1.83. The van der Waals surface area contributed by atoms with Crippen LogP contribution in [0.1, 0.15) is 70.1 Å². The van der Waals surface area contributed by atoms with Crippen molar-refractivity contribution >= 4 is 22.3 Å². The van der Waals surface area contributed by atoms with Crippen LogP contribution in [0.15, 0.2) is 52.7 Å². The second-order valence-corrected chi connectivity index (χ2v) is 9.43. The summed E-state index contributed by atoms with van der Waals surface area (Å²) in [6.45, 7) is 9.23. The highest BCUT2D eigenvalue weighted by molar-refractivity contribution is 6.11. The molecular weight excluding hydrogens is 358 g/mol. The summed E-state index contributed by atoms with van der Waals surface area (Å²) in [6, 6.07) is 13.0. The maximum absolute atomic E-state index is 13.4. The molecule has 2 aliphatic carbocycles.